The highest BCUT2D eigenvalue weighted by molar-refractivity contribution is 7.70. The van der Waals surface area contributed by atoms with Crippen molar-refractivity contribution >= 4 is 50.0 Å². The third kappa shape index (κ3) is 10.9. The van der Waals surface area contributed by atoms with Gasteiger partial charge in [-0.3, -0.25) is 23.3 Å². The first-order valence-electron chi connectivity index (χ1n) is 22.4. The van der Waals surface area contributed by atoms with Crippen molar-refractivity contribution < 1.29 is 86.8 Å². The van der Waals surface area contributed by atoms with E-state index >= 15 is 0 Å². The van der Waals surface area contributed by atoms with E-state index in [0.29, 0.717) is 28.1 Å². The molecular weight excluding hydrogens is 1000 g/mol. The van der Waals surface area contributed by atoms with Gasteiger partial charge in [0.05, 0.1) is 44.9 Å². The number of aliphatic hydroxyl groups is 2. The summed E-state index contributed by atoms with van der Waals surface area (Å²) in [6.45, 7) is 0.743. The van der Waals surface area contributed by atoms with Crippen molar-refractivity contribution in [1.82, 2.24) is 30.2 Å². The Balaban J connectivity index is 0.675. The average molecular weight is 1050 g/mol. The topological polar surface area (TPSA) is 362 Å². The molecule has 3 aliphatic rings. The Hall–Kier alpha value is -6.86. The maximum absolute atomic E-state index is 13.4. The Morgan fingerprint density at radius 2 is 1.37 bits per heavy atom. The van der Waals surface area contributed by atoms with Crippen LogP contribution in [0, 0.1) is 0 Å². The molecule has 0 saturated carbocycles. The lowest BCUT2D eigenvalue weighted by Gasteiger charge is -2.36. The van der Waals surface area contributed by atoms with Crippen LogP contribution in [0.2, 0.25) is 0 Å². The van der Waals surface area contributed by atoms with Gasteiger partial charge in [0, 0.05) is 59.6 Å². The second-order valence-electron chi connectivity index (χ2n) is 16.9. The van der Waals surface area contributed by atoms with Gasteiger partial charge in [0.25, 0.3) is 11.8 Å². The van der Waals surface area contributed by atoms with Crippen molar-refractivity contribution in [3.63, 3.8) is 0 Å². The number of fused-ring (bicyclic) bond motifs is 7. The fourth-order valence-electron chi connectivity index (χ4n) is 8.53. The van der Waals surface area contributed by atoms with Crippen LogP contribution >= 0.6 is 15.2 Å². The Morgan fingerprint density at radius 3 is 2.01 bits per heavy atom. The first-order valence-corrected chi connectivity index (χ1v) is 25.9. The lowest BCUT2D eigenvalue weighted by molar-refractivity contribution is -0.0483. The lowest BCUT2D eigenvalue weighted by Crippen LogP contribution is -2.33. The molecular formula is C46H47N7O18P2. The maximum Gasteiger partial charge on any atom is 0.340 e. The van der Waals surface area contributed by atoms with Gasteiger partial charge in [-0.15, -0.1) is 0 Å². The highest BCUT2D eigenvalue weighted by Gasteiger charge is 2.54. The van der Waals surface area contributed by atoms with E-state index < -0.39 is 69.7 Å². The number of hydrogen-bond donors (Lipinski definition) is 10. The van der Waals surface area contributed by atoms with Gasteiger partial charge in [-0.1, -0.05) is 18.2 Å². The number of anilines is 1. The standard InChI is InChI=1S/C46H47N7O18P2/c54-28-6-9-32-34(18-28)69-35-19-29(55)7-10-33(35)46(32)31-8-5-27(17-30(31)45(60)71-46)43(59)48-12-14-67-16-15-66-13-11-47-42(58)26-3-1-25(2-4-26)20-49-40-37-41(51-22-50-40)53(23-52-37)44-39(57)38(56)36(70-44)21-68-73(64,65)24-72(61,62)63/h1-10,17-19,22-23,36,38-39,44,54-57H,11-16,20-21,24H2,(H,47,58)(H,48,59)(H,64,65)(H,49,50,51)(H2,61,62,63)/t36-,38-,39-,44-/m1/s1. The Labute approximate surface area is 413 Å². The number of carbonyl (C=O) groups is 3. The molecule has 0 radical (unpaired) electrons. The molecule has 6 aromatic rings. The van der Waals surface area contributed by atoms with Crippen molar-refractivity contribution in [2.75, 3.05) is 57.3 Å². The number of aliphatic hydroxyl groups excluding tert-OH is 2. The predicted molar refractivity (Wildman–Crippen MR) is 252 cm³/mol. The largest absolute Gasteiger partial charge is 0.508 e. The first-order chi connectivity index (χ1) is 34.9. The number of imidazole rings is 1. The molecule has 1 spiro atoms. The number of phenols is 2. The number of nitrogens with one attached hydrogen (secondary N) is 3. The summed E-state index contributed by atoms with van der Waals surface area (Å²) in [6, 6.07) is 20.4. The highest BCUT2D eigenvalue weighted by atomic mass is 31.2. The highest BCUT2D eigenvalue weighted by Crippen LogP contribution is 2.58. The molecule has 25 nitrogen and oxygen atoms in total. The number of rotatable bonds is 20. The van der Waals surface area contributed by atoms with Gasteiger partial charge in [-0.2, -0.15) is 0 Å². The van der Waals surface area contributed by atoms with Gasteiger partial charge in [-0.25, -0.2) is 19.7 Å². The van der Waals surface area contributed by atoms with E-state index in [1.54, 1.807) is 48.5 Å². The molecule has 0 aliphatic carbocycles. The van der Waals surface area contributed by atoms with Crippen molar-refractivity contribution in [3.05, 3.63) is 130 Å². The monoisotopic (exact) mass is 1050 g/mol. The Kier molecular flexibility index (Phi) is 14.6. The van der Waals surface area contributed by atoms with E-state index in [-0.39, 0.29) is 97.3 Å². The second kappa shape index (κ2) is 20.9. The van der Waals surface area contributed by atoms with Gasteiger partial charge in [0.2, 0.25) is 0 Å². The number of aromatic nitrogens is 4. The molecule has 3 aliphatic heterocycles. The molecule has 27 heteroatoms. The normalized spacial score (nSPS) is 19.3. The zero-order chi connectivity index (χ0) is 51.7. The number of phenolic OH excluding ortho intramolecular Hbond substituents is 2. The van der Waals surface area contributed by atoms with Crippen molar-refractivity contribution in [2.24, 2.45) is 0 Å². The summed E-state index contributed by atoms with van der Waals surface area (Å²) < 4.78 is 58.2. The summed E-state index contributed by atoms with van der Waals surface area (Å²) >= 11 is 0. The van der Waals surface area contributed by atoms with Crippen molar-refractivity contribution in [1.29, 1.82) is 0 Å². The van der Waals surface area contributed by atoms with Crippen LogP contribution in [0.5, 0.6) is 23.0 Å². The summed E-state index contributed by atoms with van der Waals surface area (Å²) in [7, 11) is -9.63. The third-order valence-electron chi connectivity index (χ3n) is 11.9. The summed E-state index contributed by atoms with van der Waals surface area (Å²) in [5.41, 5.74) is 2.04. The second-order valence-corrected chi connectivity index (χ2v) is 20.9. The van der Waals surface area contributed by atoms with Crippen LogP contribution in [0.1, 0.15) is 59.6 Å². The van der Waals surface area contributed by atoms with Crippen LogP contribution in [0.15, 0.2) is 91.5 Å². The molecule has 73 heavy (non-hydrogen) atoms. The summed E-state index contributed by atoms with van der Waals surface area (Å²) in [4.78, 5) is 79.9. The van der Waals surface area contributed by atoms with Gasteiger partial charge in [0.15, 0.2) is 34.7 Å². The molecule has 10 N–H and O–H groups in total. The summed E-state index contributed by atoms with van der Waals surface area (Å²) in [6.07, 6.45) is -3.24. The van der Waals surface area contributed by atoms with Crippen LogP contribution in [0.3, 0.4) is 0 Å². The van der Waals surface area contributed by atoms with E-state index in [1.165, 1.54) is 47.6 Å². The van der Waals surface area contributed by atoms with Crippen LogP contribution in [0.4, 0.5) is 5.82 Å². The van der Waals surface area contributed by atoms with Gasteiger partial charge >= 0.3 is 21.2 Å². The van der Waals surface area contributed by atoms with E-state index in [2.05, 4.69) is 30.9 Å². The van der Waals surface area contributed by atoms with Gasteiger partial charge in [-0.05, 0) is 54.1 Å². The molecule has 4 aromatic carbocycles. The van der Waals surface area contributed by atoms with Gasteiger partial charge < -0.3 is 79.3 Å². The van der Waals surface area contributed by atoms with E-state index in [0.717, 1.165) is 5.56 Å². The predicted octanol–water partition coefficient (Wildman–Crippen LogP) is 2.57. The zero-order valence-electron chi connectivity index (χ0n) is 38.1. The zero-order valence-corrected chi connectivity index (χ0v) is 39.9. The smallest absolute Gasteiger partial charge is 0.340 e. The van der Waals surface area contributed by atoms with E-state index in [9.17, 15) is 48.8 Å². The minimum absolute atomic E-state index is 0.0660. The number of amides is 2. The summed E-state index contributed by atoms with van der Waals surface area (Å²) in [5, 5.41) is 50.3. The number of nitrogens with zero attached hydrogens (tertiary/aromatic N) is 4. The molecule has 5 heterocycles. The maximum atomic E-state index is 13.4. The third-order valence-corrected chi connectivity index (χ3v) is 15.4. The van der Waals surface area contributed by atoms with Crippen LogP contribution < -0.4 is 20.7 Å². The SMILES string of the molecule is O=C(NCCOCCOCCNC(=O)c1ccc2c(c1)C(=O)OC21c2ccc(O)cc2Oc2cc(O)ccc21)c1ccc(CNc2ncnc3c2ncn3[C@@H]2O[C@H](COP(=O)(O)CP(=O)(O)O)[C@@H](O)[C@H]2O)cc1. The molecule has 1 fully saturated rings. The van der Waals surface area contributed by atoms with Crippen molar-refractivity contribution in [2.45, 2.75) is 36.7 Å². The Morgan fingerprint density at radius 1 is 0.753 bits per heavy atom. The minimum atomic E-state index is -4.89. The minimum Gasteiger partial charge on any atom is -0.508 e. The van der Waals surface area contributed by atoms with Crippen LogP contribution in [0.25, 0.3) is 11.2 Å². The molecule has 9 rings (SSSR count). The summed E-state index contributed by atoms with van der Waals surface area (Å²) in [5.74, 6) is -2.18. The molecule has 2 amide bonds. The molecule has 1 saturated heterocycles. The number of benzene rings is 4. The van der Waals surface area contributed by atoms with E-state index in [1.807, 2.05) is 0 Å². The van der Waals surface area contributed by atoms with Crippen LogP contribution in [-0.2, 0) is 44.7 Å². The van der Waals surface area contributed by atoms with E-state index in [4.69, 9.17) is 38.0 Å². The van der Waals surface area contributed by atoms with Gasteiger partial charge in [0.1, 0.15) is 47.6 Å². The number of hydrogen-bond acceptors (Lipinski definition) is 19. The fraction of sp³-hybridized carbons (Fsp3) is 0.304. The number of esters is 1. The molecule has 1 unspecified atom stereocenters. The number of ether oxygens (including phenoxy) is 5. The fourth-order valence-corrected chi connectivity index (χ4v) is 11.1. The average Bonchev–Trinajstić information content (AvgIpc) is 4.00. The molecule has 5 atom stereocenters. The first kappa shape index (κ1) is 51.1. The van der Waals surface area contributed by atoms with Crippen LogP contribution in [-0.4, -0.2) is 143 Å². The number of carbonyl (C=O) groups excluding carboxylic acids is 3. The van der Waals surface area contributed by atoms with Crippen molar-refractivity contribution in [3.8, 4) is 23.0 Å². The lowest BCUT2D eigenvalue weighted by atomic mass is 9.77. The molecule has 0 bridgehead atoms. The quantitative estimate of drug-likeness (QED) is 0.0298. The molecule has 384 valence electrons. The Bertz CT molecular complexity index is 3120. The molecule has 2 aromatic heterocycles. The number of aromatic hydroxyl groups is 2.